The maximum absolute atomic E-state index is 11.3. The average molecular weight is 356 g/mol. The number of benzene rings is 1. The van der Waals surface area contributed by atoms with Gasteiger partial charge in [-0.05, 0) is 25.1 Å². The Balaban J connectivity index is 2.38. The van der Waals surface area contributed by atoms with E-state index >= 15 is 0 Å². The number of halogens is 1. The topological polar surface area (TPSA) is 84.8 Å². The highest BCUT2D eigenvalue weighted by Crippen LogP contribution is 2.29. The number of hydrogen-bond acceptors (Lipinski definition) is 5. The Morgan fingerprint density at radius 2 is 2.10 bits per heavy atom. The van der Waals surface area contributed by atoms with Crippen LogP contribution in [-0.4, -0.2) is 20.5 Å². The zero-order chi connectivity index (χ0) is 14.9. The van der Waals surface area contributed by atoms with Crippen molar-refractivity contribution in [2.45, 2.75) is 17.0 Å². The molecule has 0 saturated carbocycles. The molecule has 0 bridgehead atoms. The molecule has 0 aliphatic carbocycles. The van der Waals surface area contributed by atoms with Crippen LogP contribution in [0.1, 0.15) is 17.3 Å². The largest absolute Gasteiger partial charge is 0.339 e. The molecule has 0 radical (unpaired) electrons. The maximum Gasteiger partial charge on any atom is 0.339 e. The summed E-state index contributed by atoms with van der Waals surface area (Å²) < 4.78 is 2.05. The summed E-state index contributed by atoms with van der Waals surface area (Å²) in [5, 5.41) is 2.73. The Kier molecular flexibility index (Phi) is 4.24. The van der Waals surface area contributed by atoms with Crippen LogP contribution in [0.3, 0.4) is 0 Å². The van der Waals surface area contributed by atoms with Crippen LogP contribution in [0.2, 0.25) is 0 Å². The van der Waals surface area contributed by atoms with Crippen LogP contribution in [0, 0.1) is 0 Å². The van der Waals surface area contributed by atoms with Crippen molar-refractivity contribution in [3.8, 4) is 0 Å². The van der Waals surface area contributed by atoms with Crippen molar-refractivity contribution < 1.29 is 4.79 Å². The summed E-state index contributed by atoms with van der Waals surface area (Å²) >= 11 is 4.54. The minimum absolute atomic E-state index is 0.0389. The van der Waals surface area contributed by atoms with Crippen LogP contribution >= 0.6 is 27.7 Å². The second-order valence-electron chi connectivity index (χ2n) is 4.00. The van der Waals surface area contributed by atoms with E-state index in [0.29, 0.717) is 15.2 Å². The van der Waals surface area contributed by atoms with Crippen molar-refractivity contribution in [1.82, 2.24) is 14.8 Å². The number of rotatable bonds is 3. The molecule has 104 valence electrons. The predicted molar refractivity (Wildman–Crippen MR) is 78.4 cm³/mol. The van der Waals surface area contributed by atoms with Gasteiger partial charge >= 0.3 is 11.1 Å². The lowest BCUT2D eigenvalue weighted by Crippen LogP contribution is -2.33. The smallest absolute Gasteiger partial charge is 0.294 e. The van der Waals surface area contributed by atoms with Crippen LogP contribution in [0.5, 0.6) is 0 Å². The first-order valence-corrected chi connectivity index (χ1v) is 7.15. The molecule has 0 aliphatic heterocycles. The highest BCUT2D eigenvalue weighted by molar-refractivity contribution is 9.10. The summed E-state index contributed by atoms with van der Waals surface area (Å²) in [7, 11) is 1.59. The van der Waals surface area contributed by atoms with E-state index in [-0.39, 0.29) is 5.78 Å². The molecule has 8 heteroatoms. The van der Waals surface area contributed by atoms with Crippen molar-refractivity contribution in [1.29, 1.82) is 0 Å². The van der Waals surface area contributed by atoms with Crippen LogP contribution in [0.15, 0.2) is 42.3 Å². The first-order valence-electron chi connectivity index (χ1n) is 5.54. The minimum atomic E-state index is -0.829. The summed E-state index contributed by atoms with van der Waals surface area (Å²) in [6.07, 6.45) is 0. The number of H-pyrrole nitrogens is 1. The van der Waals surface area contributed by atoms with E-state index in [1.807, 2.05) is 0 Å². The molecule has 2 aromatic rings. The lowest BCUT2D eigenvalue weighted by Gasteiger charge is -2.07. The molecule has 1 aromatic carbocycles. The van der Waals surface area contributed by atoms with Crippen LogP contribution in [0.25, 0.3) is 0 Å². The molecule has 0 unspecified atom stereocenters. The normalized spacial score (nSPS) is 10.6. The molecule has 0 saturated heterocycles. The zero-order valence-corrected chi connectivity index (χ0v) is 13.0. The standard InChI is InChI=1S/C12H10BrN3O3S/c1-6(17)8-4-3-7(5-9(8)13)20-12-14-10(18)11(19)15-16(12)2/h3-5H,1-2H3,(H,15,19). The molecule has 2 rings (SSSR count). The number of nitrogens with one attached hydrogen (secondary N) is 1. The summed E-state index contributed by atoms with van der Waals surface area (Å²) in [6.45, 7) is 1.49. The Hall–Kier alpha value is -1.67. The quantitative estimate of drug-likeness (QED) is 0.667. The average Bonchev–Trinajstić information content (AvgIpc) is 2.35. The molecule has 1 aromatic heterocycles. The number of ketones is 1. The Bertz CT molecular complexity index is 797. The number of Topliss-reactive ketones (excluding diaryl/α,β-unsaturated/α-hetero) is 1. The number of aromatic nitrogens is 3. The third-order valence-electron chi connectivity index (χ3n) is 2.48. The molecule has 1 N–H and O–H groups in total. The maximum atomic E-state index is 11.3. The number of carbonyl (C=O) groups excluding carboxylic acids is 1. The molecule has 20 heavy (non-hydrogen) atoms. The van der Waals surface area contributed by atoms with Crippen molar-refractivity contribution >= 4 is 33.5 Å². The zero-order valence-electron chi connectivity index (χ0n) is 10.6. The fourth-order valence-corrected chi connectivity index (χ4v) is 3.15. The molecule has 6 nitrogen and oxygen atoms in total. The third kappa shape index (κ3) is 3.07. The number of nitrogens with zero attached hydrogens (tertiary/aromatic N) is 2. The number of carbonyl (C=O) groups is 1. The van der Waals surface area contributed by atoms with Gasteiger partial charge in [0.1, 0.15) is 0 Å². The Morgan fingerprint density at radius 1 is 1.40 bits per heavy atom. The second-order valence-corrected chi connectivity index (χ2v) is 5.89. The first kappa shape index (κ1) is 14.7. The molecule has 0 amide bonds. The van der Waals surface area contributed by atoms with E-state index in [0.717, 1.165) is 4.90 Å². The van der Waals surface area contributed by atoms with Gasteiger partial charge in [-0.15, -0.1) is 0 Å². The van der Waals surface area contributed by atoms with E-state index in [1.54, 1.807) is 25.2 Å². The van der Waals surface area contributed by atoms with Crippen molar-refractivity contribution in [2.24, 2.45) is 7.05 Å². The van der Waals surface area contributed by atoms with Gasteiger partial charge in [-0.3, -0.25) is 24.2 Å². The van der Waals surface area contributed by atoms with Gasteiger partial charge in [0.25, 0.3) is 0 Å². The lowest BCUT2D eigenvalue weighted by atomic mass is 10.2. The van der Waals surface area contributed by atoms with Crippen LogP contribution in [0.4, 0.5) is 0 Å². The first-order chi connectivity index (χ1) is 9.38. The van der Waals surface area contributed by atoms with Gasteiger partial charge in [-0.1, -0.05) is 27.7 Å². The van der Waals surface area contributed by atoms with Gasteiger partial charge < -0.3 is 0 Å². The SMILES string of the molecule is CC(=O)c1ccc(Sc2nc(=O)c(=O)[nH]n2C)cc1Br. The van der Waals surface area contributed by atoms with Gasteiger partial charge in [-0.2, -0.15) is 4.98 Å². The van der Waals surface area contributed by atoms with Crippen molar-refractivity contribution in [2.75, 3.05) is 0 Å². The van der Waals surface area contributed by atoms with Gasteiger partial charge in [0, 0.05) is 22.0 Å². The fraction of sp³-hybridized carbons (Fsp3) is 0.167. The monoisotopic (exact) mass is 355 g/mol. The molecule has 0 fully saturated rings. The lowest BCUT2D eigenvalue weighted by molar-refractivity contribution is 0.101. The van der Waals surface area contributed by atoms with E-state index in [2.05, 4.69) is 26.0 Å². The highest BCUT2D eigenvalue weighted by Gasteiger charge is 2.09. The van der Waals surface area contributed by atoms with E-state index < -0.39 is 11.1 Å². The van der Waals surface area contributed by atoms with Gasteiger partial charge in [0.2, 0.25) is 0 Å². The van der Waals surface area contributed by atoms with Crippen molar-refractivity contribution in [3.63, 3.8) is 0 Å². The summed E-state index contributed by atoms with van der Waals surface area (Å²) in [6, 6.07) is 5.21. The fourth-order valence-electron chi connectivity index (χ4n) is 1.50. The summed E-state index contributed by atoms with van der Waals surface area (Å²) in [4.78, 5) is 38.2. The van der Waals surface area contributed by atoms with Crippen LogP contribution in [-0.2, 0) is 7.05 Å². The van der Waals surface area contributed by atoms with Crippen molar-refractivity contribution in [3.05, 3.63) is 48.9 Å². The minimum Gasteiger partial charge on any atom is -0.294 e. The highest BCUT2D eigenvalue weighted by atomic mass is 79.9. The molecular weight excluding hydrogens is 346 g/mol. The molecule has 0 aliphatic rings. The molecule has 1 heterocycles. The predicted octanol–water partition coefficient (Wildman–Crippen LogP) is 1.58. The summed E-state index contributed by atoms with van der Waals surface area (Å²) in [5.74, 6) is -0.0389. The van der Waals surface area contributed by atoms with E-state index in [1.165, 1.54) is 23.4 Å². The van der Waals surface area contributed by atoms with Crippen LogP contribution < -0.4 is 11.1 Å². The van der Waals surface area contributed by atoms with E-state index in [4.69, 9.17) is 0 Å². The molecule has 0 atom stereocenters. The third-order valence-corrected chi connectivity index (χ3v) is 4.17. The van der Waals surface area contributed by atoms with Gasteiger partial charge in [0.05, 0.1) is 0 Å². The Labute approximate surface area is 126 Å². The number of aryl methyl sites for hydroxylation is 1. The number of aromatic amines is 1. The summed E-state index contributed by atoms with van der Waals surface area (Å²) in [5.41, 5.74) is -1.01. The molecule has 0 spiro atoms. The van der Waals surface area contributed by atoms with Gasteiger partial charge in [-0.25, -0.2) is 0 Å². The van der Waals surface area contributed by atoms with Gasteiger partial charge in [0.15, 0.2) is 10.9 Å². The second kappa shape index (κ2) is 5.76. The number of hydrogen-bond donors (Lipinski definition) is 1. The molecular formula is C12H10BrN3O3S. The Morgan fingerprint density at radius 3 is 2.70 bits per heavy atom. The van der Waals surface area contributed by atoms with E-state index in [9.17, 15) is 14.4 Å².